The fourth-order valence-corrected chi connectivity index (χ4v) is 1.85. The van der Waals surface area contributed by atoms with E-state index in [4.69, 9.17) is 5.11 Å². The van der Waals surface area contributed by atoms with Crippen molar-refractivity contribution >= 4 is 33.5 Å². The number of halogens is 1. The van der Waals surface area contributed by atoms with E-state index in [-0.39, 0.29) is 11.5 Å². The maximum atomic E-state index is 11.9. The van der Waals surface area contributed by atoms with Gasteiger partial charge >= 0.3 is 5.97 Å². The first-order valence-corrected chi connectivity index (χ1v) is 5.98. The molecule has 2 N–H and O–H groups in total. The lowest BCUT2D eigenvalue weighted by molar-refractivity contribution is 0.0696. The molecule has 0 unspecified atom stereocenters. The van der Waals surface area contributed by atoms with Gasteiger partial charge in [0.25, 0.3) is 5.91 Å². The quantitative estimate of drug-likeness (QED) is 0.904. The number of rotatable bonds is 3. The van der Waals surface area contributed by atoms with E-state index in [1.54, 1.807) is 0 Å². The monoisotopic (exact) mass is 321 g/mol. The molecule has 0 saturated heterocycles. The van der Waals surface area contributed by atoms with Crippen molar-refractivity contribution in [1.29, 1.82) is 0 Å². The molecule has 0 radical (unpaired) electrons. The molecular weight excluding hydrogens is 314 g/mol. The molecule has 0 saturated carbocycles. The summed E-state index contributed by atoms with van der Waals surface area (Å²) in [6.07, 6.45) is 2.76. The molecule has 0 fully saturated rings. The van der Waals surface area contributed by atoms with Crippen molar-refractivity contribution < 1.29 is 14.7 Å². The average molecular weight is 322 g/mol. The van der Waals surface area contributed by atoms with Gasteiger partial charge in [-0.25, -0.2) is 4.79 Å². The molecule has 7 heteroatoms. The number of anilines is 1. The smallest absolute Gasteiger partial charge is 0.335 e. The van der Waals surface area contributed by atoms with Gasteiger partial charge in [-0.15, -0.1) is 0 Å². The number of carbonyl (C=O) groups excluding carboxylic acids is 1. The molecule has 0 bridgehead atoms. The highest BCUT2D eigenvalue weighted by Crippen LogP contribution is 2.24. The summed E-state index contributed by atoms with van der Waals surface area (Å²) in [5, 5.41) is 18.7. The molecule has 1 aromatic carbocycles. The van der Waals surface area contributed by atoms with Gasteiger partial charge in [0.1, 0.15) is 0 Å². The minimum absolute atomic E-state index is 0.135. The summed E-state index contributed by atoms with van der Waals surface area (Å²) in [7, 11) is 0. The first-order valence-electron chi connectivity index (χ1n) is 5.19. The van der Waals surface area contributed by atoms with E-state index in [0.29, 0.717) is 15.7 Å². The Hall–Kier alpha value is -2.28. The van der Waals surface area contributed by atoms with E-state index >= 15 is 0 Å². The fourth-order valence-electron chi connectivity index (χ4n) is 1.37. The van der Waals surface area contributed by atoms with E-state index < -0.39 is 5.97 Å². The summed E-state index contributed by atoms with van der Waals surface area (Å²) in [6, 6.07) is 5.87. The highest BCUT2D eigenvalue weighted by atomic mass is 79.9. The molecule has 19 heavy (non-hydrogen) atoms. The lowest BCUT2D eigenvalue weighted by atomic mass is 10.2. The SMILES string of the molecule is O=C(O)c1ccc(NC(=O)c2ccnnc2)c(Br)c1. The molecule has 0 aliphatic carbocycles. The minimum Gasteiger partial charge on any atom is -0.478 e. The van der Waals surface area contributed by atoms with Gasteiger partial charge in [-0.1, -0.05) is 0 Å². The van der Waals surface area contributed by atoms with Crippen molar-refractivity contribution in [3.63, 3.8) is 0 Å². The maximum Gasteiger partial charge on any atom is 0.335 e. The van der Waals surface area contributed by atoms with Crippen molar-refractivity contribution in [2.45, 2.75) is 0 Å². The van der Waals surface area contributed by atoms with Crippen molar-refractivity contribution in [3.05, 3.63) is 52.3 Å². The van der Waals surface area contributed by atoms with Crippen molar-refractivity contribution in [1.82, 2.24) is 10.2 Å². The molecule has 1 amide bonds. The first-order chi connectivity index (χ1) is 9.08. The summed E-state index contributed by atoms with van der Waals surface area (Å²) in [6.45, 7) is 0. The second-order valence-electron chi connectivity index (χ2n) is 3.59. The highest BCUT2D eigenvalue weighted by molar-refractivity contribution is 9.10. The summed E-state index contributed by atoms with van der Waals surface area (Å²) < 4.78 is 0.489. The van der Waals surface area contributed by atoms with Crippen LogP contribution in [0.25, 0.3) is 0 Å². The molecule has 2 rings (SSSR count). The van der Waals surface area contributed by atoms with E-state index in [0.717, 1.165) is 0 Å². The number of hydrogen-bond donors (Lipinski definition) is 2. The van der Waals surface area contributed by atoms with Crippen LogP contribution in [0.5, 0.6) is 0 Å². The second-order valence-corrected chi connectivity index (χ2v) is 4.44. The Morgan fingerprint density at radius 2 is 1.95 bits per heavy atom. The van der Waals surface area contributed by atoms with Gasteiger partial charge in [0.2, 0.25) is 0 Å². The number of aromatic nitrogens is 2. The fraction of sp³-hybridized carbons (Fsp3) is 0. The predicted octanol–water partition coefficient (Wildman–Crippen LogP) is 2.19. The number of carboxylic acids is 1. The Labute approximate surface area is 116 Å². The van der Waals surface area contributed by atoms with Crippen LogP contribution in [0.4, 0.5) is 5.69 Å². The molecule has 1 heterocycles. The van der Waals surface area contributed by atoms with Gasteiger partial charge in [0, 0.05) is 4.47 Å². The van der Waals surface area contributed by atoms with Crippen LogP contribution in [0.3, 0.4) is 0 Å². The molecule has 0 aliphatic rings. The third-order valence-electron chi connectivity index (χ3n) is 2.31. The number of nitrogens with zero attached hydrogens (tertiary/aromatic N) is 2. The zero-order valence-corrected chi connectivity index (χ0v) is 11.1. The summed E-state index contributed by atoms with van der Waals surface area (Å²) in [5.74, 6) is -1.38. The van der Waals surface area contributed by atoms with Gasteiger partial charge in [-0.2, -0.15) is 10.2 Å². The lowest BCUT2D eigenvalue weighted by Crippen LogP contribution is -2.13. The Morgan fingerprint density at radius 3 is 2.53 bits per heavy atom. The molecule has 6 nitrogen and oxygen atoms in total. The number of amides is 1. The van der Waals surface area contributed by atoms with Crippen LogP contribution in [0.1, 0.15) is 20.7 Å². The van der Waals surface area contributed by atoms with Crippen LogP contribution >= 0.6 is 15.9 Å². The normalized spacial score (nSPS) is 9.95. The number of hydrogen-bond acceptors (Lipinski definition) is 4. The van der Waals surface area contributed by atoms with Crippen LogP contribution < -0.4 is 5.32 Å². The van der Waals surface area contributed by atoms with Crippen LogP contribution in [0.2, 0.25) is 0 Å². The molecule has 0 aliphatic heterocycles. The predicted molar refractivity (Wildman–Crippen MR) is 71.1 cm³/mol. The van der Waals surface area contributed by atoms with Gasteiger partial charge in [-0.3, -0.25) is 4.79 Å². The molecular formula is C12H8BrN3O3. The molecule has 96 valence electrons. The zero-order valence-electron chi connectivity index (χ0n) is 9.50. The number of carbonyl (C=O) groups is 2. The third kappa shape index (κ3) is 3.14. The van der Waals surface area contributed by atoms with Gasteiger partial charge in [-0.05, 0) is 40.2 Å². The van der Waals surface area contributed by atoms with Crippen molar-refractivity contribution in [3.8, 4) is 0 Å². The van der Waals surface area contributed by atoms with Crippen molar-refractivity contribution in [2.75, 3.05) is 5.32 Å². The van der Waals surface area contributed by atoms with E-state index in [1.165, 1.54) is 36.7 Å². The third-order valence-corrected chi connectivity index (χ3v) is 2.97. The molecule has 1 aromatic heterocycles. The van der Waals surface area contributed by atoms with Gasteiger partial charge in [0.05, 0.1) is 29.2 Å². The van der Waals surface area contributed by atoms with Crippen LogP contribution in [-0.2, 0) is 0 Å². The summed E-state index contributed by atoms with van der Waals surface area (Å²) in [4.78, 5) is 22.7. The summed E-state index contributed by atoms with van der Waals surface area (Å²) in [5.41, 5.74) is 0.978. The average Bonchev–Trinajstić information content (AvgIpc) is 2.41. The van der Waals surface area contributed by atoms with Gasteiger partial charge in [0.15, 0.2) is 0 Å². The topological polar surface area (TPSA) is 92.2 Å². The summed E-state index contributed by atoms with van der Waals surface area (Å²) >= 11 is 3.21. The zero-order chi connectivity index (χ0) is 13.8. The first kappa shape index (κ1) is 13.2. The number of nitrogens with one attached hydrogen (secondary N) is 1. The Kier molecular flexibility index (Phi) is 3.86. The highest BCUT2D eigenvalue weighted by Gasteiger charge is 2.10. The lowest BCUT2D eigenvalue weighted by Gasteiger charge is -2.07. The Balaban J connectivity index is 2.20. The van der Waals surface area contributed by atoms with E-state index in [1.807, 2.05) is 0 Å². The van der Waals surface area contributed by atoms with Crippen LogP contribution in [-0.4, -0.2) is 27.2 Å². The molecule has 0 atom stereocenters. The number of carboxylic acid groups (broad SMARTS) is 1. The Bertz CT molecular complexity index is 631. The maximum absolute atomic E-state index is 11.9. The van der Waals surface area contributed by atoms with Gasteiger partial charge < -0.3 is 10.4 Å². The minimum atomic E-state index is -1.03. The number of benzene rings is 1. The standard InChI is InChI=1S/C12H8BrN3O3/c13-9-5-7(12(18)19)1-2-10(9)16-11(17)8-3-4-14-15-6-8/h1-6H,(H,16,17)(H,18,19). The second kappa shape index (κ2) is 5.57. The van der Waals surface area contributed by atoms with Crippen molar-refractivity contribution in [2.24, 2.45) is 0 Å². The molecule has 0 spiro atoms. The van der Waals surface area contributed by atoms with Crippen LogP contribution in [0.15, 0.2) is 41.1 Å². The van der Waals surface area contributed by atoms with E-state index in [9.17, 15) is 9.59 Å². The number of aromatic carboxylic acids is 1. The van der Waals surface area contributed by atoms with Crippen LogP contribution in [0, 0.1) is 0 Å². The Morgan fingerprint density at radius 1 is 1.16 bits per heavy atom. The largest absolute Gasteiger partial charge is 0.478 e. The van der Waals surface area contributed by atoms with E-state index in [2.05, 4.69) is 31.4 Å². The molecule has 2 aromatic rings.